The number of hydrogen-bond acceptors (Lipinski definition) is 5. The molecule has 0 aliphatic heterocycles. The van der Waals surface area contributed by atoms with E-state index in [1.807, 2.05) is 31.6 Å². The molecule has 0 aliphatic rings. The van der Waals surface area contributed by atoms with Gasteiger partial charge in [-0.2, -0.15) is 5.10 Å². The third-order valence-corrected chi connectivity index (χ3v) is 2.69. The number of nitrogens with one attached hydrogen (secondary N) is 1. The lowest BCUT2D eigenvalue weighted by molar-refractivity contribution is -0.142. The summed E-state index contributed by atoms with van der Waals surface area (Å²) in [6.07, 6.45) is 3.78. The van der Waals surface area contributed by atoms with E-state index in [-0.39, 0.29) is 6.61 Å². The number of anilines is 1. The lowest BCUT2D eigenvalue weighted by Gasteiger charge is -2.07. The van der Waals surface area contributed by atoms with Gasteiger partial charge in [0, 0.05) is 31.0 Å². The van der Waals surface area contributed by atoms with Gasteiger partial charge < -0.3 is 14.8 Å². The second-order valence-electron chi connectivity index (χ2n) is 4.26. The van der Waals surface area contributed by atoms with Crippen molar-refractivity contribution in [3.8, 4) is 5.75 Å². The molecule has 0 atom stereocenters. The topological polar surface area (TPSA) is 65.4 Å². The van der Waals surface area contributed by atoms with Crippen molar-refractivity contribution >= 4 is 11.7 Å². The van der Waals surface area contributed by atoms with Crippen molar-refractivity contribution < 1.29 is 14.3 Å². The maximum absolute atomic E-state index is 10.9. The minimum Gasteiger partial charge on any atom is -0.482 e. The molecule has 20 heavy (non-hydrogen) atoms. The van der Waals surface area contributed by atoms with E-state index in [4.69, 9.17) is 4.74 Å². The smallest absolute Gasteiger partial charge is 0.343 e. The number of benzene rings is 1. The first kappa shape index (κ1) is 13.9. The van der Waals surface area contributed by atoms with Crippen LogP contribution >= 0.6 is 0 Å². The fourth-order valence-corrected chi connectivity index (χ4v) is 1.64. The highest BCUT2D eigenvalue weighted by molar-refractivity contribution is 5.70. The Balaban J connectivity index is 1.83. The molecule has 6 heteroatoms. The van der Waals surface area contributed by atoms with Crippen molar-refractivity contribution in [3.05, 3.63) is 42.2 Å². The monoisotopic (exact) mass is 275 g/mol. The van der Waals surface area contributed by atoms with Gasteiger partial charge in [0.05, 0.1) is 13.3 Å². The van der Waals surface area contributed by atoms with Gasteiger partial charge in [-0.3, -0.25) is 4.68 Å². The van der Waals surface area contributed by atoms with Crippen molar-refractivity contribution in [2.24, 2.45) is 7.05 Å². The molecular formula is C14H17N3O3. The van der Waals surface area contributed by atoms with Gasteiger partial charge in [-0.1, -0.05) is 0 Å². The lowest BCUT2D eigenvalue weighted by atomic mass is 10.3. The van der Waals surface area contributed by atoms with E-state index < -0.39 is 5.97 Å². The minimum absolute atomic E-state index is 0.0844. The second-order valence-corrected chi connectivity index (χ2v) is 4.26. The van der Waals surface area contributed by atoms with Crippen LogP contribution in [-0.4, -0.2) is 29.5 Å². The van der Waals surface area contributed by atoms with E-state index in [9.17, 15) is 4.79 Å². The minimum atomic E-state index is -0.399. The number of aryl methyl sites for hydroxylation is 1. The summed E-state index contributed by atoms with van der Waals surface area (Å²) >= 11 is 0. The van der Waals surface area contributed by atoms with Gasteiger partial charge in [-0.25, -0.2) is 4.79 Å². The van der Waals surface area contributed by atoms with Gasteiger partial charge in [0.25, 0.3) is 0 Å². The first-order valence-corrected chi connectivity index (χ1v) is 6.18. The van der Waals surface area contributed by atoms with Crippen LogP contribution in [0.2, 0.25) is 0 Å². The van der Waals surface area contributed by atoms with Crippen molar-refractivity contribution in [1.29, 1.82) is 0 Å². The number of carbonyl (C=O) groups is 1. The fraction of sp³-hybridized carbons (Fsp3) is 0.286. The molecule has 1 aromatic heterocycles. The lowest BCUT2D eigenvalue weighted by Crippen LogP contribution is -2.12. The highest BCUT2D eigenvalue weighted by atomic mass is 16.6. The van der Waals surface area contributed by atoms with E-state index >= 15 is 0 Å². The normalized spacial score (nSPS) is 10.1. The van der Waals surface area contributed by atoms with Crippen LogP contribution in [0, 0.1) is 0 Å². The average molecular weight is 275 g/mol. The number of aromatic nitrogens is 2. The molecule has 0 unspecified atom stereocenters. The van der Waals surface area contributed by atoms with E-state index in [2.05, 4.69) is 15.2 Å². The molecule has 2 rings (SSSR count). The zero-order chi connectivity index (χ0) is 14.4. The standard InChI is InChI=1S/C14H17N3O3/c1-17-9-11(8-16-17)7-15-12-3-5-13(6-4-12)20-10-14(18)19-2/h3-6,8-9,15H,7,10H2,1-2H3. The van der Waals surface area contributed by atoms with Gasteiger partial charge in [-0.05, 0) is 24.3 Å². The first-order valence-electron chi connectivity index (χ1n) is 6.18. The molecular weight excluding hydrogens is 258 g/mol. The molecule has 0 fully saturated rings. The molecule has 1 N–H and O–H groups in total. The van der Waals surface area contributed by atoms with E-state index in [1.165, 1.54) is 7.11 Å². The number of carbonyl (C=O) groups excluding carboxylic acids is 1. The molecule has 6 nitrogen and oxygen atoms in total. The van der Waals surface area contributed by atoms with E-state index in [0.717, 1.165) is 11.3 Å². The molecule has 0 amide bonds. The zero-order valence-corrected chi connectivity index (χ0v) is 11.5. The summed E-state index contributed by atoms with van der Waals surface area (Å²) in [4.78, 5) is 10.9. The van der Waals surface area contributed by atoms with Crippen molar-refractivity contribution in [3.63, 3.8) is 0 Å². The van der Waals surface area contributed by atoms with Crippen LogP contribution < -0.4 is 10.1 Å². The SMILES string of the molecule is COC(=O)COc1ccc(NCc2cnn(C)c2)cc1. The van der Waals surface area contributed by atoms with Crippen LogP contribution in [0.15, 0.2) is 36.7 Å². The summed E-state index contributed by atoms with van der Waals surface area (Å²) in [5.41, 5.74) is 2.08. The van der Waals surface area contributed by atoms with Gasteiger partial charge in [0.2, 0.25) is 0 Å². The van der Waals surface area contributed by atoms with Crippen LogP contribution in [0.5, 0.6) is 5.75 Å². The molecule has 1 aromatic carbocycles. The highest BCUT2D eigenvalue weighted by Gasteiger charge is 2.02. The highest BCUT2D eigenvalue weighted by Crippen LogP contribution is 2.16. The Morgan fingerprint density at radius 3 is 2.70 bits per heavy atom. The number of ether oxygens (including phenoxy) is 2. The predicted octanol–water partition coefficient (Wildman–Crippen LogP) is 1.58. The Kier molecular flexibility index (Phi) is 4.60. The van der Waals surface area contributed by atoms with Gasteiger partial charge >= 0.3 is 5.97 Å². The average Bonchev–Trinajstić information content (AvgIpc) is 2.89. The predicted molar refractivity (Wildman–Crippen MR) is 74.5 cm³/mol. The third kappa shape index (κ3) is 4.01. The van der Waals surface area contributed by atoms with Crippen LogP contribution in [0.3, 0.4) is 0 Å². The van der Waals surface area contributed by atoms with Crippen LogP contribution in [0.1, 0.15) is 5.56 Å². The van der Waals surface area contributed by atoms with Gasteiger partial charge in [-0.15, -0.1) is 0 Å². The van der Waals surface area contributed by atoms with Crippen LogP contribution in [-0.2, 0) is 23.1 Å². The number of hydrogen-bond donors (Lipinski definition) is 1. The maximum Gasteiger partial charge on any atom is 0.343 e. The summed E-state index contributed by atoms with van der Waals surface area (Å²) in [6, 6.07) is 7.38. The quantitative estimate of drug-likeness (QED) is 0.811. The molecule has 0 radical (unpaired) electrons. The molecule has 0 saturated heterocycles. The summed E-state index contributed by atoms with van der Waals surface area (Å²) in [7, 11) is 3.22. The molecule has 0 bridgehead atoms. The van der Waals surface area contributed by atoms with Crippen molar-refractivity contribution in [2.45, 2.75) is 6.54 Å². The van der Waals surface area contributed by atoms with Crippen LogP contribution in [0.25, 0.3) is 0 Å². The Hall–Kier alpha value is -2.50. The van der Waals surface area contributed by atoms with Crippen molar-refractivity contribution in [2.75, 3.05) is 19.0 Å². The number of nitrogens with zero attached hydrogens (tertiary/aromatic N) is 2. The summed E-state index contributed by atoms with van der Waals surface area (Å²) in [5.74, 6) is 0.228. The second kappa shape index (κ2) is 6.60. The Morgan fingerprint density at radius 2 is 2.10 bits per heavy atom. The fourth-order valence-electron chi connectivity index (χ4n) is 1.64. The van der Waals surface area contributed by atoms with Gasteiger partial charge in [0.1, 0.15) is 5.75 Å². The van der Waals surface area contributed by atoms with Gasteiger partial charge in [0.15, 0.2) is 6.61 Å². The number of esters is 1. The molecule has 0 saturated carbocycles. The molecule has 1 heterocycles. The largest absolute Gasteiger partial charge is 0.482 e. The summed E-state index contributed by atoms with van der Waals surface area (Å²) in [6.45, 7) is 0.620. The summed E-state index contributed by atoms with van der Waals surface area (Å²) in [5, 5.41) is 7.38. The number of methoxy groups -OCH3 is 1. The van der Waals surface area contributed by atoms with E-state index in [0.29, 0.717) is 12.3 Å². The number of rotatable bonds is 6. The Labute approximate surface area is 117 Å². The molecule has 2 aromatic rings. The molecule has 0 spiro atoms. The van der Waals surface area contributed by atoms with Crippen molar-refractivity contribution in [1.82, 2.24) is 9.78 Å². The Morgan fingerprint density at radius 1 is 1.35 bits per heavy atom. The molecule has 0 aliphatic carbocycles. The maximum atomic E-state index is 10.9. The van der Waals surface area contributed by atoms with E-state index in [1.54, 1.807) is 16.8 Å². The van der Waals surface area contributed by atoms with Crippen LogP contribution in [0.4, 0.5) is 5.69 Å². The molecule has 106 valence electrons. The Bertz CT molecular complexity index is 563. The summed E-state index contributed by atoms with van der Waals surface area (Å²) < 4.78 is 11.5. The third-order valence-electron chi connectivity index (χ3n) is 2.69. The first-order chi connectivity index (χ1) is 9.67. The zero-order valence-electron chi connectivity index (χ0n) is 11.5.